The molecule has 0 aliphatic rings. The van der Waals surface area contributed by atoms with Gasteiger partial charge in [0.15, 0.2) is 0 Å². The summed E-state index contributed by atoms with van der Waals surface area (Å²) in [6, 6.07) is 6.90. The molecule has 28 heavy (non-hydrogen) atoms. The quantitative estimate of drug-likeness (QED) is 0.287. The molecule has 0 saturated heterocycles. The lowest BCUT2D eigenvalue weighted by Crippen LogP contribution is -2.25. The van der Waals surface area contributed by atoms with Crippen LogP contribution in [0.2, 0.25) is 5.02 Å². The smallest absolute Gasteiger partial charge is 0.340 e. The summed E-state index contributed by atoms with van der Waals surface area (Å²) in [6.07, 6.45) is 3.13. The molecule has 0 radical (unpaired) electrons. The standard InChI is InChI=1S/C19H20BrClN2O3S2/c1-5-26-18(24)14-7-6-8-22-17(14)27-16-12(9-13(20)10-15(16)21)11-23-28(25)19(2,3)4/h6-11H,5H2,1-4H3/b23-11-. The van der Waals surface area contributed by atoms with E-state index in [1.54, 1.807) is 31.3 Å². The summed E-state index contributed by atoms with van der Waals surface area (Å²) in [7, 11) is 0. The highest BCUT2D eigenvalue weighted by molar-refractivity contribution is 9.10. The second kappa shape index (κ2) is 10.1. The summed E-state index contributed by atoms with van der Waals surface area (Å²) in [5, 5.41) is 0.930. The zero-order chi connectivity index (χ0) is 20.9. The van der Waals surface area contributed by atoms with Gasteiger partial charge in [-0.05, 0) is 52.0 Å². The minimum absolute atomic E-state index is 0.271. The van der Waals surface area contributed by atoms with Crippen molar-refractivity contribution < 1.29 is 14.1 Å². The Labute approximate surface area is 185 Å². The number of ether oxygens (including phenoxy) is 1. The highest BCUT2D eigenvalue weighted by atomic mass is 79.9. The van der Waals surface area contributed by atoms with Gasteiger partial charge in [-0.15, -0.1) is 0 Å². The van der Waals surface area contributed by atoms with Crippen LogP contribution < -0.4 is 0 Å². The molecule has 0 amide bonds. The lowest BCUT2D eigenvalue weighted by Gasteiger charge is -2.18. The third-order valence-corrected chi connectivity index (χ3v) is 6.70. The Morgan fingerprint density at radius 1 is 1.46 bits per heavy atom. The molecule has 0 bridgehead atoms. The van der Waals surface area contributed by atoms with Crippen LogP contribution in [0.1, 0.15) is 43.6 Å². The largest absolute Gasteiger partial charge is 0.591 e. The molecule has 1 aromatic heterocycles. The number of carbonyl (C=O) groups is 1. The van der Waals surface area contributed by atoms with Crippen molar-refractivity contribution in [3.8, 4) is 0 Å². The van der Waals surface area contributed by atoms with Crippen LogP contribution in [0.5, 0.6) is 0 Å². The molecule has 0 fully saturated rings. The zero-order valence-corrected chi connectivity index (χ0v) is 19.8. The highest BCUT2D eigenvalue weighted by Gasteiger charge is 2.26. The molecule has 0 aliphatic heterocycles. The van der Waals surface area contributed by atoms with Crippen molar-refractivity contribution in [1.82, 2.24) is 4.98 Å². The van der Waals surface area contributed by atoms with Crippen LogP contribution in [-0.2, 0) is 16.1 Å². The second-order valence-electron chi connectivity index (χ2n) is 6.58. The number of aromatic nitrogens is 1. The summed E-state index contributed by atoms with van der Waals surface area (Å²) in [5.74, 6) is -0.449. The number of carbonyl (C=O) groups excluding carboxylic acids is 1. The molecule has 1 unspecified atom stereocenters. The molecule has 150 valence electrons. The molecular formula is C19H20BrClN2O3S2. The minimum Gasteiger partial charge on any atom is -0.591 e. The minimum atomic E-state index is -1.41. The average molecular weight is 504 g/mol. The van der Waals surface area contributed by atoms with E-state index in [4.69, 9.17) is 16.3 Å². The van der Waals surface area contributed by atoms with Crippen molar-refractivity contribution in [2.45, 2.75) is 42.4 Å². The first-order valence-electron chi connectivity index (χ1n) is 8.38. The van der Waals surface area contributed by atoms with E-state index >= 15 is 0 Å². The van der Waals surface area contributed by atoms with Crippen LogP contribution in [0.25, 0.3) is 0 Å². The van der Waals surface area contributed by atoms with Gasteiger partial charge in [0.1, 0.15) is 21.1 Å². The number of hydrogen-bond donors (Lipinski definition) is 0. The van der Waals surface area contributed by atoms with Crippen LogP contribution in [-0.4, -0.2) is 33.1 Å². The third-order valence-electron chi connectivity index (χ3n) is 3.31. The molecule has 0 aliphatic carbocycles. The second-order valence-corrected chi connectivity index (χ2v) is 10.8. The molecule has 0 N–H and O–H groups in total. The van der Waals surface area contributed by atoms with Gasteiger partial charge in [0.05, 0.1) is 23.4 Å². The maximum Gasteiger partial charge on any atom is 0.340 e. The van der Waals surface area contributed by atoms with E-state index in [0.717, 1.165) is 4.47 Å². The fourth-order valence-electron chi connectivity index (χ4n) is 1.98. The molecule has 0 spiro atoms. The first-order chi connectivity index (χ1) is 13.1. The fraction of sp³-hybridized carbons (Fsp3) is 0.316. The van der Waals surface area contributed by atoms with Crippen molar-refractivity contribution in [3.05, 3.63) is 51.1 Å². The molecule has 9 heteroatoms. The van der Waals surface area contributed by atoms with Gasteiger partial charge in [-0.1, -0.05) is 43.7 Å². The SMILES string of the molecule is CCOC(=O)c1cccnc1Sc1c(Cl)cc(Br)cc1/C=N\[S+]([O-])C(C)(C)C. The number of nitrogens with zero attached hydrogens (tertiary/aromatic N) is 2. The lowest BCUT2D eigenvalue weighted by molar-refractivity contribution is 0.0521. The molecule has 2 aromatic rings. The van der Waals surface area contributed by atoms with Crippen molar-refractivity contribution >= 4 is 62.8 Å². The lowest BCUT2D eigenvalue weighted by atomic mass is 10.2. The molecule has 1 atom stereocenters. The molecular weight excluding hydrogens is 484 g/mol. The molecule has 2 rings (SSSR count). The molecule has 0 saturated carbocycles. The van der Waals surface area contributed by atoms with Crippen molar-refractivity contribution in [2.24, 2.45) is 4.40 Å². The third kappa shape index (κ3) is 6.22. The normalized spacial score (nSPS) is 13.0. The van der Waals surface area contributed by atoms with Gasteiger partial charge in [0.2, 0.25) is 0 Å². The van der Waals surface area contributed by atoms with Crippen LogP contribution in [0, 0.1) is 0 Å². The highest BCUT2D eigenvalue weighted by Crippen LogP contribution is 2.38. The molecule has 1 heterocycles. The maximum absolute atomic E-state index is 12.3. The number of esters is 1. The van der Waals surface area contributed by atoms with Crippen LogP contribution in [0.15, 0.2) is 49.3 Å². The predicted molar refractivity (Wildman–Crippen MR) is 119 cm³/mol. The van der Waals surface area contributed by atoms with E-state index < -0.39 is 22.1 Å². The van der Waals surface area contributed by atoms with Crippen molar-refractivity contribution in [3.63, 3.8) is 0 Å². The summed E-state index contributed by atoms with van der Waals surface area (Å²) in [6.45, 7) is 7.57. The first-order valence-corrected chi connectivity index (χ1v) is 11.5. The van der Waals surface area contributed by atoms with E-state index in [9.17, 15) is 9.35 Å². The predicted octanol–water partition coefficient (Wildman–Crippen LogP) is 5.71. The average Bonchev–Trinajstić information content (AvgIpc) is 2.61. The Hall–Kier alpha value is -1.06. The Kier molecular flexibility index (Phi) is 8.39. The Balaban J connectivity index is 2.45. The van der Waals surface area contributed by atoms with Gasteiger partial charge in [-0.3, -0.25) is 0 Å². The summed E-state index contributed by atoms with van der Waals surface area (Å²) < 4.78 is 21.8. The van der Waals surface area contributed by atoms with Gasteiger partial charge < -0.3 is 9.29 Å². The number of rotatable bonds is 6. The summed E-state index contributed by atoms with van der Waals surface area (Å²) in [4.78, 5) is 17.2. The van der Waals surface area contributed by atoms with E-state index in [1.807, 2.05) is 26.8 Å². The molecule has 5 nitrogen and oxygen atoms in total. The van der Waals surface area contributed by atoms with Crippen LogP contribution in [0.3, 0.4) is 0 Å². The van der Waals surface area contributed by atoms with E-state index in [0.29, 0.717) is 26.1 Å². The Morgan fingerprint density at radius 2 is 2.18 bits per heavy atom. The maximum atomic E-state index is 12.3. The number of pyridine rings is 1. The van der Waals surface area contributed by atoms with E-state index in [1.165, 1.54) is 18.0 Å². The van der Waals surface area contributed by atoms with Gasteiger partial charge in [-0.2, -0.15) is 0 Å². The Bertz CT molecular complexity index is 888. The summed E-state index contributed by atoms with van der Waals surface area (Å²) in [5.41, 5.74) is 1.02. The monoisotopic (exact) mass is 502 g/mol. The first kappa shape index (κ1) is 23.2. The van der Waals surface area contributed by atoms with E-state index in [2.05, 4.69) is 25.3 Å². The topological polar surface area (TPSA) is 74.6 Å². The van der Waals surface area contributed by atoms with Crippen LogP contribution in [0.4, 0.5) is 0 Å². The number of benzene rings is 1. The van der Waals surface area contributed by atoms with Crippen molar-refractivity contribution in [1.29, 1.82) is 0 Å². The summed E-state index contributed by atoms with van der Waals surface area (Å²) >= 11 is 9.69. The van der Waals surface area contributed by atoms with Gasteiger partial charge >= 0.3 is 5.97 Å². The van der Waals surface area contributed by atoms with E-state index in [-0.39, 0.29) is 6.61 Å². The fourth-order valence-corrected chi connectivity index (χ4v) is 4.41. The number of hydrogen-bond acceptors (Lipinski definition) is 6. The van der Waals surface area contributed by atoms with Gasteiger partial charge in [0.25, 0.3) is 0 Å². The zero-order valence-electron chi connectivity index (χ0n) is 15.9. The van der Waals surface area contributed by atoms with Crippen LogP contribution >= 0.6 is 39.3 Å². The molecule has 1 aromatic carbocycles. The van der Waals surface area contributed by atoms with Crippen molar-refractivity contribution in [2.75, 3.05) is 6.61 Å². The van der Waals surface area contributed by atoms with Gasteiger partial charge in [-0.25, -0.2) is 9.78 Å². The number of halogens is 2. The Morgan fingerprint density at radius 3 is 2.82 bits per heavy atom. The van der Waals surface area contributed by atoms with Gasteiger partial charge in [0, 0.05) is 21.1 Å².